The summed E-state index contributed by atoms with van der Waals surface area (Å²) in [6.07, 6.45) is 0.855. The molecule has 1 N–H and O–H groups in total. The average molecular weight is 289 g/mol. The fourth-order valence-electron chi connectivity index (χ4n) is 2.21. The van der Waals surface area contributed by atoms with Crippen LogP contribution in [0, 0.1) is 17.0 Å². The summed E-state index contributed by atoms with van der Waals surface area (Å²) in [7, 11) is 1.67. The first-order valence-corrected chi connectivity index (χ1v) is 6.82. The molecule has 0 aliphatic rings. The van der Waals surface area contributed by atoms with Crippen LogP contribution >= 0.6 is 0 Å². The summed E-state index contributed by atoms with van der Waals surface area (Å²) in [5.41, 5.74) is 2.56. The Hall–Kier alpha value is -2.21. The van der Waals surface area contributed by atoms with E-state index in [0.29, 0.717) is 6.61 Å². The zero-order chi connectivity index (χ0) is 15.4. The summed E-state index contributed by atoms with van der Waals surface area (Å²) in [4.78, 5) is 15.0. The van der Waals surface area contributed by atoms with Gasteiger partial charge in [-0.15, -0.1) is 0 Å². The van der Waals surface area contributed by atoms with Crippen molar-refractivity contribution in [3.63, 3.8) is 0 Å². The Labute approximate surface area is 123 Å². The van der Waals surface area contributed by atoms with Crippen LogP contribution in [0.15, 0.2) is 24.3 Å². The molecule has 0 spiro atoms. The number of rotatable bonds is 6. The lowest BCUT2D eigenvalue weighted by Crippen LogP contribution is -2.17. The highest BCUT2D eigenvalue weighted by atomic mass is 16.6. The van der Waals surface area contributed by atoms with Gasteiger partial charge in [0.2, 0.25) is 0 Å². The van der Waals surface area contributed by atoms with E-state index >= 15 is 0 Å². The van der Waals surface area contributed by atoms with Gasteiger partial charge in [0.1, 0.15) is 0 Å². The number of hydrogen-bond donors (Lipinski definition) is 1. The van der Waals surface area contributed by atoms with E-state index in [1.54, 1.807) is 19.2 Å². The first kappa shape index (κ1) is 15.2. The molecule has 1 aromatic carbocycles. The molecule has 2 rings (SSSR count). The minimum Gasteiger partial charge on any atom is -0.385 e. The van der Waals surface area contributed by atoms with Gasteiger partial charge >= 0.3 is 0 Å². The Morgan fingerprint density at radius 3 is 2.86 bits per heavy atom. The highest BCUT2D eigenvalue weighted by Gasteiger charge is 2.12. The number of fused-ring (bicyclic) bond motifs is 1. The van der Waals surface area contributed by atoms with Crippen LogP contribution in [0.5, 0.6) is 0 Å². The second-order valence-corrected chi connectivity index (χ2v) is 5.10. The van der Waals surface area contributed by atoms with Crippen molar-refractivity contribution in [3.05, 3.63) is 40.1 Å². The molecule has 0 saturated heterocycles. The average Bonchev–Trinajstić information content (AvgIpc) is 2.44. The summed E-state index contributed by atoms with van der Waals surface area (Å²) in [5.74, 6) is 0. The minimum absolute atomic E-state index is 0.0701. The summed E-state index contributed by atoms with van der Waals surface area (Å²) in [5, 5.41) is 15.1. The van der Waals surface area contributed by atoms with Gasteiger partial charge in [0, 0.05) is 48.7 Å². The number of methoxy groups -OCH3 is 1. The van der Waals surface area contributed by atoms with Crippen molar-refractivity contribution >= 4 is 22.3 Å². The lowest BCUT2D eigenvalue weighted by Gasteiger charge is -2.17. The molecule has 0 aliphatic carbocycles. The van der Waals surface area contributed by atoms with Gasteiger partial charge in [-0.3, -0.25) is 15.1 Å². The smallest absolute Gasteiger partial charge is 0.270 e. The van der Waals surface area contributed by atoms with E-state index < -0.39 is 4.92 Å². The Morgan fingerprint density at radius 1 is 1.43 bits per heavy atom. The topological polar surface area (TPSA) is 77.3 Å². The van der Waals surface area contributed by atoms with Crippen molar-refractivity contribution in [1.29, 1.82) is 0 Å². The Bertz CT molecular complexity index is 658. The lowest BCUT2D eigenvalue weighted by molar-refractivity contribution is -0.384. The van der Waals surface area contributed by atoms with Crippen LogP contribution in [0.25, 0.3) is 10.9 Å². The Kier molecular flexibility index (Phi) is 4.70. The zero-order valence-electron chi connectivity index (χ0n) is 12.4. The lowest BCUT2D eigenvalue weighted by atomic mass is 10.1. The molecule has 0 radical (unpaired) electrons. The van der Waals surface area contributed by atoms with E-state index in [0.717, 1.165) is 28.7 Å². The number of nitro groups is 1. The molecule has 0 fully saturated rings. The fraction of sp³-hybridized carbons (Fsp3) is 0.400. The van der Waals surface area contributed by atoms with Crippen molar-refractivity contribution in [1.82, 2.24) is 4.98 Å². The van der Waals surface area contributed by atoms with Crippen molar-refractivity contribution in [2.75, 3.05) is 19.0 Å². The maximum Gasteiger partial charge on any atom is 0.270 e. The van der Waals surface area contributed by atoms with E-state index in [-0.39, 0.29) is 11.7 Å². The number of aromatic nitrogens is 1. The maximum atomic E-state index is 10.9. The number of pyridine rings is 1. The molecule has 1 unspecified atom stereocenters. The quantitative estimate of drug-likeness (QED) is 0.652. The molecule has 0 amide bonds. The Morgan fingerprint density at radius 2 is 2.19 bits per heavy atom. The van der Waals surface area contributed by atoms with Crippen LogP contribution < -0.4 is 5.32 Å². The van der Waals surface area contributed by atoms with Gasteiger partial charge in [-0.25, -0.2) is 0 Å². The van der Waals surface area contributed by atoms with E-state index in [1.807, 2.05) is 13.0 Å². The molecule has 1 heterocycles. The molecule has 0 bridgehead atoms. The van der Waals surface area contributed by atoms with Crippen LogP contribution in [0.1, 0.15) is 19.0 Å². The van der Waals surface area contributed by atoms with Crippen molar-refractivity contribution in [2.24, 2.45) is 0 Å². The predicted molar refractivity (Wildman–Crippen MR) is 82.7 cm³/mol. The number of nitro benzene ring substituents is 1. The van der Waals surface area contributed by atoms with E-state index in [2.05, 4.69) is 17.2 Å². The molecule has 6 nitrogen and oxygen atoms in total. The standard InChI is InChI=1S/C15H19N3O3/c1-10(6-7-21-3)16-15-8-11(2)17-14-5-4-12(18(19)20)9-13(14)15/h4-5,8-10H,6-7H2,1-3H3,(H,16,17). The van der Waals surface area contributed by atoms with Gasteiger partial charge < -0.3 is 10.1 Å². The second-order valence-electron chi connectivity index (χ2n) is 5.10. The van der Waals surface area contributed by atoms with Gasteiger partial charge in [0.15, 0.2) is 0 Å². The molecule has 6 heteroatoms. The number of non-ortho nitro benzene ring substituents is 1. The molecule has 1 atom stereocenters. The number of aryl methyl sites for hydroxylation is 1. The largest absolute Gasteiger partial charge is 0.385 e. The number of ether oxygens (including phenoxy) is 1. The number of nitrogens with one attached hydrogen (secondary N) is 1. The van der Waals surface area contributed by atoms with Crippen LogP contribution in [-0.2, 0) is 4.74 Å². The first-order valence-electron chi connectivity index (χ1n) is 6.82. The summed E-state index contributed by atoms with van der Waals surface area (Å²) >= 11 is 0. The molecular weight excluding hydrogens is 270 g/mol. The second kappa shape index (κ2) is 6.49. The zero-order valence-corrected chi connectivity index (χ0v) is 12.4. The molecule has 1 aromatic heterocycles. The summed E-state index contributed by atoms with van der Waals surface area (Å²) in [6, 6.07) is 6.84. The van der Waals surface area contributed by atoms with Gasteiger partial charge in [-0.1, -0.05) is 0 Å². The first-order chi connectivity index (χ1) is 10.0. The number of nitrogens with zero attached hydrogens (tertiary/aromatic N) is 2. The number of hydrogen-bond acceptors (Lipinski definition) is 5. The molecular formula is C15H19N3O3. The fourth-order valence-corrected chi connectivity index (χ4v) is 2.21. The van der Waals surface area contributed by atoms with Gasteiger partial charge in [0.05, 0.1) is 10.4 Å². The van der Waals surface area contributed by atoms with Crippen LogP contribution in [-0.4, -0.2) is 29.7 Å². The molecule has 0 aliphatic heterocycles. The molecule has 0 saturated carbocycles. The monoisotopic (exact) mass is 289 g/mol. The van der Waals surface area contributed by atoms with Crippen LogP contribution in [0.3, 0.4) is 0 Å². The highest BCUT2D eigenvalue weighted by Crippen LogP contribution is 2.27. The highest BCUT2D eigenvalue weighted by molar-refractivity contribution is 5.93. The van der Waals surface area contributed by atoms with E-state index in [9.17, 15) is 10.1 Å². The van der Waals surface area contributed by atoms with Gasteiger partial charge in [-0.2, -0.15) is 0 Å². The third kappa shape index (κ3) is 3.66. The van der Waals surface area contributed by atoms with Crippen LogP contribution in [0.2, 0.25) is 0 Å². The van der Waals surface area contributed by atoms with Crippen LogP contribution in [0.4, 0.5) is 11.4 Å². The third-order valence-corrected chi connectivity index (χ3v) is 3.29. The maximum absolute atomic E-state index is 10.9. The minimum atomic E-state index is -0.391. The third-order valence-electron chi connectivity index (χ3n) is 3.29. The Balaban J connectivity index is 2.40. The molecule has 21 heavy (non-hydrogen) atoms. The van der Waals surface area contributed by atoms with E-state index in [4.69, 9.17) is 4.74 Å². The normalized spacial score (nSPS) is 12.3. The number of benzene rings is 1. The van der Waals surface area contributed by atoms with Gasteiger partial charge in [-0.05, 0) is 32.4 Å². The number of anilines is 1. The van der Waals surface area contributed by atoms with Crippen molar-refractivity contribution in [2.45, 2.75) is 26.3 Å². The van der Waals surface area contributed by atoms with Crippen molar-refractivity contribution < 1.29 is 9.66 Å². The van der Waals surface area contributed by atoms with Gasteiger partial charge in [0.25, 0.3) is 5.69 Å². The predicted octanol–water partition coefficient (Wildman–Crippen LogP) is 3.29. The summed E-state index contributed by atoms with van der Waals surface area (Å²) < 4.78 is 5.07. The molecule has 2 aromatic rings. The summed E-state index contributed by atoms with van der Waals surface area (Å²) in [6.45, 7) is 4.63. The SMILES string of the molecule is COCCC(C)Nc1cc(C)nc2ccc([N+](=O)[O-])cc12. The molecule has 112 valence electrons. The van der Waals surface area contributed by atoms with Crippen molar-refractivity contribution in [3.8, 4) is 0 Å². The van der Waals surface area contributed by atoms with E-state index in [1.165, 1.54) is 6.07 Å².